The van der Waals surface area contributed by atoms with Crippen LogP contribution in [0.15, 0.2) is 30.3 Å². The van der Waals surface area contributed by atoms with E-state index in [0.717, 1.165) is 5.56 Å². The number of hydrogen-bond acceptors (Lipinski definition) is 3. The molecule has 0 saturated carbocycles. The Morgan fingerprint density at radius 2 is 1.85 bits per heavy atom. The predicted molar refractivity (Wildman–Crippen MR) is 51.2 cm³/mol. The van der Waals surface area contributed by atoms with Crippen molar-refractivity contribution in [2.45, 2.75) is 11.7 Å². The lowest BCUT2D eigenvalue weighted by molar-refractivity contribution is 0.286. The van der Waals surface area contributed by atoms with Crippen molar-refractivity contribution >= 4 is 10.7 Å². The lowest BCUT2D eigenvalue weighted by atomic mass is 10.1. The molecule has 3 nitrogen and oxygen atoms in total. The second-order valence-corrected chi connectivity index (χ2v) is 3.92. The van der Waals surface area contributed by atoms with Crippen molar-refractivity contribution in [1.29, 1.82) is 0 Å². The number of hydrogen-bond donors (Lipinski definition) is 2. The topological polar surface area (TPSA) is 54.4 Å². The van der Waals surface area contributed by atoms with Crippen LogP contribution in [-0.4, -0.2) is 20.1 Å². The second kappa shape index (κ2) is 4.99. The molecule has 0 heterocycles. The normalized spacial score (nSPS) is 13.1. The van der Waals surface area contributed by atoms with E-state index in [1.165, 1.54) is 0 Å². The van der Waals surface area contributed by atoms with Crippen molar-refractivity contribution in [1.82, 2.24) is 0 Å². The highest BCUT2D eigenvalue weighted by Gasteiger charge is 2.12. The molecular weight excluding hydrogens is 188 g/mol. The van der Waals surface area contributed by atoms with Crippen LogP contribution in [0.1, 0.15) is 17.2 Å². The minimum absolute atomic E-state index is 0.108. The molecule has 4 heteroatoms. The summed E-state index contributed by atoms with van der Waals surface area (Å²) in [7, 11) is -2.51. The summed E-state index contributed by atoms with van der Waals surface area (Å²) in [6.07, 6.45) is 0.267. The molecule has 0 fully saturated rings. The minimum atomic E-state index is -2.51. The Kier molecular flexibility index (Phi) is 3.92. The summed E-state index contributed by atoms with van der Waals surface area (Å²) in [5, 5.41) is 8.13. The first-order chi connectivity index (χ1) is 6.25. The molecule has 1 N–H and O–H groups in total. The number of aliphatic hydroxyl groups is 1. The molecule has 13 heavy (non-hydrogen) atoms. The van der Waals surface area contributed by atoms with E-state index in [-0.39, 0.29) is 13.0 Å². The highest BCUT2D eigenvalue weighted by atomic mass is 32.2. The van der Waals surface area contributed by atoms with Gasteiger partial charge < -0.3 is 5.11 Å². The van der Waals surface area contributed by atoms with E-state index in [4.69, 9.17) is 5.11 Å². The minimum Gasteiger partial charge on any atom is -0.396 e. The SMILES string of the molecule is O=[SH](=O)C(CCO)c1ccccc1. The lowest BCUT2D eigenvalue weighted by Crippen LogP contribution is -2.02. The zero-order valence-corrected chi connectivity index (χ0v) is 7.98. The zero-order valence-electron chi connectivity index (χ0n) is 7.09. The number of thiol groups is 1. The van der Waals surface area contributed by atoms with Gasteiger partial charge in [-0.3, -0.25) is 0 Å². The molecule has 0 aliphatic carbocycles. The molecule has 0 spiro atoms. The molecule has 0 aliphatic rings. The number of aliphatic hydroxyl groups excluding tert-OH is 1. The van der Waals surface area contributed by atoms with Crippen molar-refractivity contribution in [2.24, 2.45) is 0 Å². The zero-order chi connectivity index (χ0) is 9.68. The Morgan fingerprint density at radius 3 is 2.31 bits per heavy atom. The van der Waals surface area contributed by atoms with Crippen LogP contribution < -0.4 is 0 Å². The highest BCUT2D eigenvalue weighted by Crippen LogP contribution is 2.19. The predicted octanol–water partition coefficient (Wildman–Crippen LogP) is 0.722. The fourth-order valence-corrected chi connectivity index (χ4v) is 1.93. The van der Waals surface area contributed by atoms with Crippen LogP contribution in [-0.2, 0) is 10.7 Å². The first-order valence-corrected chi connectivity index (χ1v) is 5.29. The fourth-order valence-electron chi connectivity index (χ4n) is 1.19. The van der Waals surface area contributed by atoms with Crippen LogP contribution in [0.2, 0.25) is 0 Å². The van der Waals surface area contributed by atoms with Crippen molar-refractivity contribution in [3.8, 4) is 0 Å². The molecule has 1 unspecified atom stereocenters. The van der Waals surface area contributed by atoms with Crippen molar-refractivity contribution in [3.63, 3.8) is 0 Å². The molecule has 0 amide bonds. The molecule has 1 rings (SSSR count). The smallest absolute Gasteiger partial charge is 0.147 e. The van der Waals surface area contributed by atoms with E-state index in [2.05, 4.69) is 0 Å². The van der Waals surface area contributed by atoms with Crippen LogP contribution in [0.25, 0.3) is 0 Å². The van der Waals surface area contributed by atoms with Crippen LogP contribution in [0.5, 0.6) is 0 Å². The van der Waals surface area contributed by atoms with Gasteiger partial charge in [-0.1, -0.05) is 30.3 Å². The maximum Gasteiger partial charge on any atom is 0.147 e. The molecule has 1 atom stereocenters. The number of benzene rings is 1. The van der Waals surface area contributed by atoms with Gasteiger partial charge in [0.1, 0.15) is 10.7 Å². The van der Waals surface area contributed by atoms with Gasteiger partial charge >= 0.3 is 0 Å². The lowest BCUT2D eigenvalue weighted by Gasteiger charge is -2.07. The molecule has 72 valence electrons. The largest absolute Gasteiger partial charge is 0.396 e. The standard InChI is InChI=1S/C9H12O3S/c10-7-6-9(13(11)12)8-4-2-1-3-5-8/h1-5,9-10,13H,6-7H2. The first kappa shape index (κ1) is 10.2. The summed E-state index contributed by atoms with van der Waals surface area (Å²) in [5.41, 5.74) is 0.743. The summed E-state index contributed by atoms with van der Waals surface area (Å²) in [4.78, 5) is 0. The van der Waals surface area contributed by atoms with Crippen LogP contribution in [0.4, 0.5) is 0 Å². The van der Waals surface area contributed by atoms with Gasteiger partial charge in [0, 0.05) is 6.61 Å². The van der Waals surface area contributed by atoms with Gasteiger partial charge in [0.25, 0.3) is 0 Å². The van der Waals surface area contributed by atoms with Gasteiger partial charge in [0.05, 0.1) is 5.25 Å². The van der Waals surface area contributed by atoms with Gasteiger partial charge in [-0.25, -0.2) is 8.42 Å². The fraction of sp³-hybridized carbons (Fsp3) is 0.333. The maximum atomic E-state index is 10.8. The molecule has 1 aromatic rings. The van der Waals surface area contributed by atoms with E-state index in [9.17, 15) is 8.42 Å². The average molecular weight is 200 g/mol. The molecule has 0 radical (unpaired) electrons. The summed E-state index contributed by atoms with van der Waals surface area (Å²) in [6, 6.07) is 8.92. The highest BCUT2D eigenvalue weighted by molar-refractivity contribution is 7.72. The Labute approximate surface area is 79.0 Å². The summed E-state index contributed by atoms with van der Waals surface area (Å²) in [5.74, 6) is 0. The number of rotatable bonds is 4. The molecule has 0 aliphatic heterocycles. The second-order valence-electron chi connectivity index (χ2n) is 2.72. The summed E-state index contributed by atoms with van der Waals surface area (Å²) < 4.78 is 21.6. The third-order valence-electron chi connectivity index (χ3n) is 1.84. The van der Waals surface area contributed by atoms with E-state index >= 15 is 0 Å². The monoisotopic (exact) mass is 200 g/mol. The average Bonchev–Trinajstić information content (AvgIpc) is 2.15. The molecular formula is C9H12O3S. The van der Waals surface area contributed by atoms with Gasteiger partial charge in [0.2, 0.25) is 0 Å². The summed E-state index contributed by atoms with van der Waals surface area (Å²) in [6.45, 7) is -0.108. The Bertz CT molecular complexity index is 311. The van der Waals surface area contributed by atoms with E-state index in [0.29, 0.717) is 0 Å². The van der Waals surface area contributed by atoms with Crippen LogP contribution in [0.3, 0.4) is 0 Å². The Balaban J connectivity index is 2.89. The summed E-state index contributed by atoms with van der Waals surface area (Å²) >= 11 is 0. The quantitative estimate of drug-likeness (QED) is 0.704. The van der Waals surface area contributed by atoms with Gasteiger partial charge in [-0.05, 0) is 12.0 Å². The van der Waals surface area contributed by atoms with Gasteiger partial charge in [-0.15, -0.1) is 0 Å². The molecule has 0 saturated heterocycles. The third-order valence-corrected chi connectivity index (χ3v) is 2.91. The molecule has 0 bridgehead atoms. The molecule has 1 aromatic carbocycles. The van der Waals surface area contributed by atoms with E-state index < -0.39 is 16.0 Å². The molecule has 0 aromatic heterocycles. The van der Waals surface area contributed by atoms with Crippen LogP contribution >= 0.6 is 0 Å². The van der Waals surface area contributed by atoms with E-state index in [1.54, 1.807) is 24.3 Å². The van der Waals surface area contributed by atoms with Crippen molar-refractivity contribution in [2.75, 3.05) is 6.61 Å². The van der Waals surface area contributed by atoms with Crippen molar-refractivity contribution in [3.05, 3.63) is 35.9 Å². The Morgan fingerprint density at radius 1 is 1.23 bits per heavy atom. The third kappa shape index (κ3) is 2.82. The van der Waals surface area contributed by atoms with Gasteiger partial charge in [0.15, 0.2) is 0 Å². The van der Waals surface area contributed by atoms with Gasteiger partial charge in [-0.2, -0.15) is 0 Å². The Hall–Kier alpha value is -0.870. The maximum absolute atomic E-state index is 10.8. The van der Waals surface area contributed by atoms with Crippen LogP contribution in [0, 0.1) is 0 Å². The van der Waals surface area contributed by atoms with E-state index in [1.807, 2.05) is 6.07 Å². The van der Waals surface area contributed by atoms with Crippen molar-refractivity contribution < 1.29 is 13.5 Å². The first-order valence-electron chi connectivity index (χ1n) is 4.05.